The Morgan fingerprint density at radius 1 is 1.38 bits per heavy atom. The van der Waals surface area contributed by atoms with E-state index in [1.54, 1.807) is 37.5 Å². The van der Waals surface area contributed by atoms with Crippen LogP contribution in [0.5, 0.6) is 5.75 Å². The number of carbonyl (C=O) groups excluding carboxylic acids is 1. The van der Waals surface area contributed by atoms with Crippen LogP contribution >= 0.6 is 15.9 Å². The summed E-state index contributed by atoms with van der Waals surface area (Å²) in [6.07, 6.45) is 1.55. The first-order valence-electron chi connectivity index (χ1n) is 6.20. The molecule has 0 spiro atoms. The van der Waals surface area contributed by atoms with Crippen LogP contribution in [0.2, 0.25) is 0 Å². The Morgan fingerprint density at radius 2 is 2.14 bits per heavy atom. The molecule has 1 amide bonds. The second-order valence-corrected chi connectivity index (χ2v) is 5.31. The fraction of sp³-hybridized carbons (Fsp3) is 0.200. The third kappa shape index (κ3) is 3.78. The van der Waals surface area contributed by atoms with Crippen molar-refractivity contribution in [3.05, 3.63) is 58.1 Å². The number of carbonyl (C=O) groups is 1. The van der Waals surface area contributed by atoms with E-state index in [0.717, 1.165) is 0 Å². The second kappa shape index (κ2) is 6.67. The lowest BCUT2D eigenvalue weighted by Crippen LogP contribution is -2.26. The van der Waals surface area contributed by atoms with E-state index in [1.165, 1.54) is 18.1 Å². The number of ether oxygens (including phenoxy) is 1. The summed E-state index contributed by atoms with van der Waals surface area (Å²) < 4.78 is 19.1. The first-order valence-corrected chi connectivity index (χ1v) is 7.00. The Balaban J connectivity index is 2.12. The molecule has 0 bridgehead atoms. The van der Waals surface area contributed by atoms with E-state index in [2.05, 4.69) is 20.9 Å². The van der Waals surface area contributed by atoms with Crippen LogP contribution in [-0.2, 0) is 6.54 Å². The smallest absolute Gasteiger partial charge is 0.254 e. The van der Waals surface area contributed by atoms with Gasteiger partial charge in [0.25, 0.3) is 5.91 Å². The molecule has 0 aliphatic rings. The summed E-state index contributed by atoms with van der Waals surface area (Å²) in [6, 6.07) is 7.93. The van der Waals surface area contributed by atoms with Gasteiger partial charge in [0.2, 0.25) is 0 Å². The highest BCUT2D eigenvalue weighted by Gasteiger charge is 2.13. The minimum atomic E-state index is -0.442. The summed E-state index contributed by atoms with van der Waals surface area (Å²) in [5, 5.41) is 0. The highest BCUT2D eigenvalue weighted by molar-refractivity contribution is 9.10. The molecule has 0 saturated carbocycles. The van der Waals surface area contributed by atoms with Gasteiger partial charge >= 0.3 is 0 Å². The predicted octanol–water partition coefficient (Wildman–Crippen LogP) is 3.26. The summed E-state index contributed by atoms with van der Waals surface area (Å²) in [7, 11) is 3.08. The van der Waals surface area contributed by atoms with Crippen LogP contribution in [0.4, 0.5) is 4.39 Å². The van der Waals surface area contributed by atoms with Gasteiger partial charge in [-0.1, -0.05) is 6.07 Å². The monoisotopic (exact) mass is 352 g/mol. The van der Waals surface area contributed by atoms with Crippen molar-refractivity contribution in [2.24, 2.45) is 0 Å². The minimum Gasteiger partial charge on any atom is -0.494 e. The number of benzene rings is 1. The normalized spacial score (nSPS) is 10.3. The van der Waals surface area contributed by atoms with Crippen LogP contribution in [0.15, 0.2) is 41.1 Å². The predicted molar refractivity (Wildman–Crippen MR) is 80.7 cm³/mol. The first kappa shape index (κ1) is 15.4. The molecule has 2 aromatic rings. The number of methoxy groups -OCH3 is 1. The van der Waals surface area contributed by atoms with Gasteiger partial charge in [-0.05, 0) is 45.8 Å². The Labute approximate surface area is 130 Å². The van der Waals surface area contributed by atoms with Crippen molar-refractivity contribution in [3.63, 3.8) is 0 Å². The number of pyridine rings is 1. The summed E-state index contributed by atoms with van der Waals surface area (Å²) >= 11 is 3.23. The number of hydrogen-bond acceptors (Lipinski definition) is 3. The zero-order valence-electron chi connectivity index (χ0n) is 11.6. The molecule has 2 rings (SSSR count). The van der Waals surface area contributed by atoms with Crippen molar-refractivity contribution in [2.75, 3.05) is 14.2 Å². The fourth-order valence-corrected chi connectivity index (χ4v) is 2.27. The first-order chi connectivity index (χ1) is 10.0. The third-order valence-electron chi connectivity index (χ3n) is 2.96. The molecule has 0 radical (unpaired) electrons. The van der Waals surface area contributed by atoms with Crippen molar-refractivity contribution in [1.82, 2.24) is 9.88 Å². The Morgan fingerprint density at radius 3 is 2.76 bits per heavy atom. The summed E-state index contributed by atoms with van der Waals surface area (Å²) in [6.45, 7) is 0.305. The average molecular weight is 353 g/mol. The Kier molecular flexibility index (Phi) is 4.90. The number of rotatable bonds is 4. The molecule has 1 aromatic carbocycles. The minimum absolute atomic E-state index is 0.158. The van der Waals surface area contributed by atoms with Crippen LogP contribution in [0.25, 0.3) is 0 Å². The third-order valence-corrected chi connectivity index (χ3v) is 3.39. The van der Waals surface area contributed by atoms with Crippen LogP contribution in [0, 0.1) is 5.82 Å². The molecule has 0 fully saturated rings. The highest BCUT2D eigenvalue weighted by atomic mass is 79.9. The summed E-state index contributed by atoms with van der Waals surface area (Å²) in [5.74, 6) is -0.414. The molecule has 0 aliphatic carbocycles. The topological polar surface area (TPSA) is 42.4 Å². The Hall–Kier alpha value is -1.95. The number of amides is 1. The molecular weight excluding hydrogens is 339 g/mol. The Bertz CT molecular complexity index is 664. The zero-order chi connectivity index (χ0) is 15.4. The van der Waals surface area contributed by atoms with E-state index in [1.807, 2.05) is 0 Å². The van der Waals surface area contributed by atoms with Crippen molar-refractivity contribution >= 4 is 21.8 Å². The van der Waals surface area contributed by atoms with Crippen LogP contribution in [0.3, 0.4) is 0 Å². The van der Waals surface area contributed by atoms with E-state index < -0.39 is 5.82 Å². The van der Waals surface area contributed by atoms with Gasteiger partial charge in [-0.2, -0.15) is 0 Å². The van der Waals surface area contributed by atoms with Crippen molar-refractivity contribution < 1.29 is 13.9 Å². The maximum absolute atomic E-state index is 13.6. The molecule has 110 valence electrons. The average Bonchev–Trinajstić information content (AvgIpc) is 2.46. The second-order valence-electron chi connectivity index (χ2n) is 4.50. The molecular formula is C15H14BrFN2O2. The van der Waals surface area contributed by atoms with Crippen molar-refractivity contribution in [1.29, 1.82) is 0 Å². The quantitative estimate of drug-likeness (QED) is 0.793. The van der Waals surface area contributed by atoms with Gasteiger partial charge in [0, 0.05) is 25.4 Å². The highest BCUT2D eigenvalue weighted by Crippen LogP contribution is 2.19. The van der Waals surface area contributed by atoms with Gasteiger partial charge in [0.05, 0.1) is 7.11 Å². The lowest BCUT2D eigenvalue weighted by atomic mass is 10.2. The van der Waals surface area contributed by atoms with Gasteiger partial charge in [0.1, 0.15) is 4.60 Å². The number of halogens is 2. The molecule has 0 atom stereocenters. The van der Waals surface area contributed by atoms with Gasteiger partial charge < -0.3 is 9.64 Å². The van der Waals surface area contributed by atoms with Crippen LogP contribution < -0.4 is 4.74 Å². The molecule has 1 aromatic heterocycles. The van der Waals surface area contributed by atoms with Crippen LogP contribution in [0.1, 0.15) is 15.9 Å². The van der Waals surface area contributed by atoms with E-state index >= 15 is 0 Å². The van der Waals surface area contributed by atoms with Crippen molar-refractivity contribution in [2.45, 2.75) is 6.54 Å². The largest absolute Gasteiger partial charge is 0.494 e. The van der Waals surface area contributed by atoms with Gasteiger partial charge in [0.15, 0.2) is 11.6 Å². The number of hydrogen-bond donors (Lipinski definition) is 0. The maximum Gasteiger partial charge on any atom is 0.254 e. The van der Waals surface area contributed by atoms with Gasteiger partial charge in [-0.25, -0.2) is 9.37 Å². The number of aromatic nitrogens is 1. The molecule has 0 aliphatic heterocycles. The summed E-state index contributed by atoms with van der Waals surface area (Å²) in [4.78, 5) is 17.8. The van der Waals surface area contributed by atoms with E-state index in [-0.39, 0.29) is 11.7 Å². The standard InChI is InChI=1S/C15H14BrFN2O2/c1-19(15(20)11-5-6-18-14(16)8-11)9-10-3-4-13(21-2)12(17)7-10/h3-8H,9H2,1-2H3. The van der Waals surface area contributed by atoms with E-state index in [9.17, 15) is 9.18 Å². The molecule has 21 heavy (non-hydrogen) atoms. The lowest BCUT2D eigenvalue weighted by Gasteiger charge is -2.17. The molecule has 0 saturated heterocycles. The van der Waals surface area contributed by atoms with E-state index in [0.29, 0.717) is 22.3 Å². The zero-order valence-corrected chi connectivity index (χ0v) is 13.2. The molecule has 4 nitrogen and oxygen atoms in total. The van der Waals surface area contributed by atoms with E-state index in [4.69, 9.17) is 4.74 Å². The van der Waals surface area contributed by atoms with Gasteiger partial charge in [-0.3, -0.25) is 4.79 Å². The van der Waals surface area contributed by atoms with Crippen LogP contribution in [-0.4, -0.2) is 29.9 Å². The fourth-order valence-electron chi connectivity index (χ4n) is 1.91. The lowest BCUT2D eigenvalue weighted by molar-refractivity contribution is 0.0784. The maximum atomic E-state index is 13.6. The SMILES string of the molecule is COc1ccc(CN(C)C(=O)c2ccnc(Br)c2)cc1F. The molecule has 1 heterocycles. The summed E-state index contributed by atoms with van der Waals surface area (Å²) in [5.41, 5.74) is 1.21. The molecule has 6 heteroatoms. The van der Waals surface area contributed by atoms with Gasteiger partial charge in [-0.15, -0.1) is 0 Å². The molecule has 0 unspecified atom stereocenters. The van der Waals surface area contributed by atoms with Crippen molar-refractivity contribution in [3.8, 4) is 5.75 Å². The molecule has 0 N–H and O–H groups in total. The number of nitrogens with zero attached hydrogens (tertiary/aromatic N) is 2.